The van der Waals surface area contributed by atoms with Crippen molar-refractivity contribution in [2.45, 2.75) is 33.3 Å². The third-order valence-corrected chi connectivity index (χ3v) is 2.80. The second-order valence-corrected chi connectivity index (χ2v) is 4.80. The summed E-state index contributed by atoms with van der Waals surface area (Å²) in [7, 11) is 0. The van der Waals surface area contributed by atoms with E-state index in [0.717, 1.165) is 6.42 Å². The van der Waals surface area contributed by atoms with Crippen LogP contribution in [0.5, 0.6) is 0 Å². The SMILES string of the molecule is CCCNc1ncnc(NCC(O)C(C)C)c1[N+](=O)[O-]. The molecule has 1 aromatic heterocycles. The molecule has 20 heavy (non-hydrogen) atoms. The summed E-state index contributed by atoms with van der Waals surface area (Å²) < 4.78 is 0. The monoisotopic (exact) mass is 283 g/mol. The van der Waals surface area contributed by atoms with Crippen LogP contribution in [0, 0.1) is 16.0 Å². The van der Waals surface area contributed by atoms with Crippen LogP contribution in [0.4, 0.5) is 17.3 Å². The third-order valence-electron chi connectivity index (χ3n) is 2.80. The number of aliphatic hydroxyl groups is 1. The van der Waals surface area contributed by atoms with E-state index >= 15 is 0 Å². The van der Waals surface area contributed by atoms with Gasteiger partial charge in [-0.15, -0.1) is 0 Å². The van der Waals surface area contributed by atoms with E-state index < -0.39 is 11.0 Å². The van der Waals surface area contributed by atoms with Crippen molar-refractivity contribution in [3.05, 3.63) is 16.4 Å². The second-order valence-electron chi connectivity index (χ2n) is 4.80. The number of aromatic nitrogens is 2. The summed E-state index contributed by atoms with van der Waals surface area (Å²) in [4.78, 5) is 18.4. The molecule has 0 aromatic carbocycles. The largest absolute Gasteiger partial charge is 0.391 e. The van der Waals surface area contributed by atoms with Crippen LogP contribution in [0.3, 0.4) is 0 Å². The highest BCUT2D eigenvalue weighted by atomic mass is 16.6. The van der Waals surface area contributed by atoms with Crippen molar-refractivity contribution in [2.24, 2.45) is 5.92 Å². The molecular weight excluding hydrogens is 262 g/mol. The van der Waals surface area contributed by atoms with Gasteiger partial charge in [-0.3, -0.25) is 10.1 Å². The van der Waals surface area contributed by atoms with Gasteiger partial charge in [0.2, 0.25) is 11.6 Å². The number of nitrogens with zero attached hydrogens (tertiary/aromatic N) is 3. The molecule has 0 radical (unpaired) electrons. The Bertz CT molecular complexity index is 453. The Balaban J connectivity index is 2.91. The predicted molar refractivity (Wildman–Crippen MR) is 76.8 cm³/mol. The van der Waals surface area contributed by atoms with Crippen molar-refractivity contribution < 1.29 is 10.0 Å². The van der Waals surface area contributed by atoms with Gasteiger partial charge in [-0.1, -0.05) is 20.8 Å². The fraction of sp³-hybridized carbons (Fsp3) is 0.667. The summed E-state index contributed by atoms with van der Waals surface area (Å²) in [5.41, 5.74) is -0.197. The number of hydrogen-bond acceptors (Lipinski definition) is 7. The van der Waals surface area contributed by atoms with Crippen LogP contribution in [-0.2, 0) is 0 Å². The van der Waals surface area contributed by atoms with Gasteiger partial charge in [0.05, 0.1) is 11.0 Å². The Hall–Kier alpha value is -1.96. The topological polar surface area (TPSA) is 113 Å². The number of nitro groups is 1. The van der Waals surface area contributed by atoms with Gasteiger partial charge in [0.15, 0.2) is 0 Å². The summed E-state index contributed by atoms with van der Waals surface area (Å²) in [6.45, 7) is 6.48. The van der Waals surface area contributed by atoms with Crippen LogP contribution in [-0.4, -0.2) is 39.2 Å². The predicted octanol–water partition coefficient (Wildman–Crippen LogP) is 1.64. The number of anilines is 2. The fourth-order valence-corrected chi connectivity index (χ4v) is 1.49. The molecule has 1 rings (SSSR count). The van der Waals surface area contributed by atoms with E-state index in [9.17, 15) is 15.2 Å². The van der Waals surface area contributed by atoms with Crippen LogP contribution in [0.2, 0.25) is 0 Å². The van der Waals surface area contributed by atoms with E-state index in [1.54, 1.807) is 0 Å². The van der Waals surface area contributed by atoms with Crippen molar-refractivity contribution in [2.75, 3.05) is 23.7 Å². The third kappa shape index (κ3) is 4.30. The zero-order chi connectivity index (χ0) is 15.1. The molecule has 0 fully saturated rings. The molecule has 8 heteroatoms. The van der Waals surface area contributed by atoms with Crippen LogP contribution in [0.15, 0.2) is 6.33 Å². The molecule has 0 aliphatic heterocycles. The summed E-state index contributed by atoms with van der Waals surface area (Å²) in [5, 5.41) is 26.6. The first-order valence-corrected chi connectivity index (χ1v) is 6.62. The minimum atomic E-state index is -0.600. The number of nitrogens with one attached hydrogen (secondary N) is 2. The molecule has 0 saturated carbocycles. The van der Waals surface area contributed by atoms with Crippen molar-refractivity contribution in [3.8, 4) is 0 Å². The molecule has 3 N–H and O–H groups in total. The summed E-state index contributed by atoms with van der Waals surface area (Å²) in [6, 6.07) is 0. The average Bonchev–Trinajstić information content (AvgIpc) is 2.41. The maximum Gasteiger partial charge on any atom is 0.353 e. The maximum absolute atomic E-state index is 11.2. The van der Waals surface area contributed by atoms with Gasteiger partial charge in [-0.05, 0) is 12.3 Å². The standard InChI is InChI=1S/C12H21N5O3/c1-4-5-13-11-10(17(19)20)12(16-7-15-11)14-6-9(18)8(2)3/h7-9,18H,4-6H2,1-3H3,(H2,13,14,15,16). The van der Waals surface area contributed by atoms with Crippen molar-refractivity contribution in [1.82, 2.24) is 9.97 Å². The van der Waals surface area contributed by atoms with E-state index in [2.05, 4.69) is 20.6 Å². The molecule has 8 nitrogen and oxygen atoms in total. The van der Waals surface area contributed by atoms with Crippen LogP contribution < -0.4 is 10.6 Å². The zero-order valence-electron chi connectivity index (χ0n) is 12.0. The normalized spacial score (nSPS) is 12.2. The van der Waals surface area contributed by atoms with E-state index in [1.165, 1.54) is 6.33 Å². The minimum Gasteiger partial charge on any atom is -0.391 e. The van der Waals surface area contributed by atoms with Gasteiger partial charge in [0.25, 0.3) is 0 Å². The molecule has 1 atom stereocenters. The molecule has 0 saturated heterocycles. The summed E-state index contributed by atoms with van der Waals surface area (Å²) >= 11 is 0. The Labute approximate surface area is 117 Å². The number of hydrogen-bond donors (Lipinski definition) is 3. The van der Waals surface area contributed by atoms with Gasteiger partial charge in [-0.25, -0.2) is 9.97 Å². The van der Waals surface area contributed by atoms with Crippen LogP contribution in [0.1, 0.15) is 27.2 Å². The highest BCUT2D eigenvalue weighted by molar-refractivity contribution is 5.69. The summed E-state index contributed by atoms with van der Waals surface area (Å²) in [5.74, 6) is 0.359. The quantitative estimate of drug-likeness (QED) is 0.491. The minimum absolute atomic E-state index is 0.0566. The summed E-state index contributed by atoms with van der Waals surface area (Å²) in [6.07, 6.45) is 1.49. The van der Waals surface area contributed by atoms with Gasteiger partial charge in [0.1, 0.15) is 6.33 Å². The van der Waals surface area contributed by atoms with E-state index in [-0.39, 0.29) is 29.8 Å². The molecule has 112 valence electrons. The highest BCUT2D eigenvalue weighted by Gasteiger charge is 2.23. The molecule has 1 aromatic rings. The molecular formula is C12H21N5O3. The first kappa shape index (κ1) is 16.1. The molecule has 0 spiro atoms. The maximum atomic E-state index is 11.2. The second kappa shape index (κ2) is 7.59. The van der Waals surface area contributed by atoms with Crippen LogP contribution in [0.25, 0.3) is 0 Å². The van der Waals surface area contributed by atoms with E-state index in [4.69, 9.17) is 0 Å². The smallest absolute Gasteiger partial charge is 0.353 e. The molecule has 0 aliphatic rings. The molecule has 1 unspecified atom stereocenters. The van der Waals surface area contributed by atoms with Crippen molar-refractivity contribution in [1.29, 1.82) is 0 Å². The van der Waals surface area contributed by atoms with Crippen LogP contribution >= 0.6 is 0 Å². The fourth-order valence-electron chi connectivity index (χ4n) is 1.49. The molecule has 0 amide bonds. The van der Waals surface area contributed by atoms with Gasteiger partial charge >= 0.3 is 5.69 Å². The number of aliphatic hydroxyl groups excluding tert-OH is 1. The molecule has 0 bridgehead atoms. The van der Waals surface area contributed by atoms with Crippen molar-refractivity contribution >= 4 is 17.3 Å². The Kier molecular flexibility index (Phi) is 6.10. The first-order chi connectivity index (χ1) is 9.47. The molecule has 0 aliphatic carbocycles. The lowest BCUT2D eigenvalue weighted by atomic mass is 10.1. The lowest BCUT2D eigenvalue weighted by Gasteiger charge is -2.15. The Morgan fingerprint density at radius 1 is 1.35 bits per heavy atom. The Morgan fingerprint density at radius 2 is 1.95 bits per heavy atom. The van der Waals surface area contributed by atoms with E-state index in [1.807, 2.05) is 20.8 Å². The van der Waals surface area contributed by atoms with Gasteiger partial charge in [0, 0.05) is 13.1 Å². The van der Waals surface area contributed by atoms with Gasteiger partial charge in [-0.2, -0.15) is 0 Å². The highest BCUT2D eigenvalue weighted by Crippen LogP contribution is 2.28. The van der Waals surface area contributed by atoms with E-state index in [0.29, 0.717) is 6.54 Å². The lowest BCUT2D eigenvalue weighted by molar-refractivity contribution is -0.383. The first-order valence-electron chi connectivity index (χ1n) is 6.62. The lowest BCUT2D eigenvalue weighted by Crippen LogP contribution is -2.25. The Morgan fingerprint density at radius 3 is 2.45 bits per heavy atom. The average molecular weight is 283 g/mol. The van der Waals surface area contributed by atoms with Gasteiger partial charge < -0.3 is 15.7 Å². The molecule has 1 heterocycles. The van der Waals surface area contributed by atoms with Crippen molar-refractivity contribution in [3.63, 3.8) is 0 Å². The number of rotatable bonds is 8. The zero-order valence-corrected chi connectivity index (χ0v) is 12.0.